The fourth-order valence-corrected chi connectivity index (χ4v) is 2.67. The van der Waals surface area contributed by atoms with Crippen LogP contribution in [0.4, 0.5) is 0 Å². The number of hydrogen-bond donors (Lipinski definition) is 0. The molecule has 3 heterocycles. The average molecular weight is 229 g/mol. The minimum Gasteiger partial charge on any atom is -0.306 e. The number of pyridine rings is 1. The molecule has 0 radical (unpaired) electrons. The minimum absolute atomic E-state index is 0.803. The third kappa shape index (κ3) is 2.20. The number of fused-ring (bicyclic) bond motifs is 1. The van der Waals surface area contributed by atoms with E-state index in [1.807, 2.05) is 6.20 Å². The van der Waals surface area contributed by atoms with Crippen molar-refractivity contribution >= 4 is 5.52 Å². The Balaban J connectivity index is 1.76. The Labute approximate surface area is 102 Å². The summed E-state index contributed by atoms with van der Waals surface area (Å²) < 4.78 is 2.22. The molecule has 1 fully saturated rings. The number of likely N-dealkylation sites (tertiary alicyclic amines) is 1. The summed E-state index contributed by atoms with van der Waals surface area (Å²) in [5.41, 5.74) is 1.20. The number of imidazole rings is 1. The zero-order valence-electron chi connectivity index (χ0n) is 10.3. The van der Waals surface area contributed by atoms with Gasteiger partial charge in [-0.25, -0.2) is 4.98 Å². The summed E-state index contributed by atoms with van der Waals surface area (Å²) in [6.45, 7) is 2.46. The third-order valence-electron chi connectivity index (χ3n) is 3.82. The van der Waals surface area contributed by atoms with Gasteiger partial charge in [-0.1, -0.05) is 6.07 Å². The SMILES string of the molecule is CN1CCC(Cc2ncc3ccccn23)CC1. The van der Waals surface area contributed by atoms with Crippen molar-refractivity contribution in [1.82, 2.24) is 14.3 Å². The molecule has 3 nitrogen and oxygen atoms in total. The van der Waals surface area contributed by atoms with Crippen molar-refractivity contribution in [2.45, 2.75) is 19.3 Å². The van der Waals surface area contributed by atoms with Crippen LogP contribution in [0.15, 0.2) is 30.6 Å². The van der Waals surface area contributed by atoms with Crippen LogP contribution in [0, 0.1) is 5.92 Å². The lowest BCUT2D eigenvalue weighted by Crippen LogP contribution is -2.31. The minimum atomic E-state index is 0.803. The Morgan fingerprint density at radius 1 is 1.29 bits per heavy atom. The van der Waals surface area contributed by atoms with Gasteiger partial charge in [-0.3, -0.25) is 0 Å². The van der Waals surface area contributed by atoms with Crippen molar-refractivity contribution in [3.63, 3.8) is 0 Å². The fourth-order valence-electron chi connectivity index (χ4n) is 2.67. The van der Waals surface area contributed by atoms with Gasteiger partial charge in [0.2, 0.25) is 0 Å². The van der Waals surface area contributed by atoms with E-state index in [4.69, 9.17) is 0 Å². The lowest BCUT2D eigenvalue weighted by atomic mass is 9.93. The van der Waals surface area contributed by atoms with Crippen LogP contribution < -0.4 is 0 Å². The van der Waals surface area contributed by atoms with Gasteiger partial charge in [0, 0.05) is 12.6 Å². The Morgan fingerprint density at radius 2 is 2.12 bits per heavy atom. The molecule has 1 aliphatic heterocycles. The van der Waals surface area contributed by atoms with Crippen LogP contribution >= 0.6 is 0 Å². The standard InChI is InChI=1S/C14H19N3/c1-16-8-5-12(6-9-16)10-14-15-11-13-4-2-3-7-17(13)14/h2-4,7,11-12H,5-6,8-10H2,1H3. The molecule has 0 aromatic carbocycles. The van der Waals surface area contributed by atoms with E-state index < -0.39 is 0 Å². The number of aromatic nitrogens is 2. The molecule has 90 valence electrons. The predicted molar refractivity (Wildman–Crippen MR) is 69.1 cm³/mol. The Bertz CT molecular complexity index is 495. The second kappa shape index (κ2) is 4.49. The zero-order chi connectivity index (χ0) is 11.7. The first-order valence-corrected chi connectivity index (χ1v) is 6.42. The highest BCUT2D eigenvalue weighted by Gasteiger charge is 2.18. The van der Waals surface area contributed by atoms with Crippen LogP contribution in [0.1, 0.15) is 18.7 Å². The lowest BCUT2D eigenvalue weighted by Gasteiger charge is -2.28. The van der Waals surface area contributed by atoms with Crippen molar-refractivity contribution in [3.8, 4) is 0 Å². The van der Waals surface area contributed by atoms with Crippen molar-refractivity contribution in [2.24, 2.45) is 5.92 Å². The maximum Gasteiger partial charge on any atom is 0.113 e. The quantitative estimate of drug-likeness (QED) is 0.787. The number of piperidine rings is 1. The van der Waals surface area contributed by atoms with E-state index in [1.165, 1.54) is 37.3 Å². The molecule has 17 heavy (non-hydrogen) atoms. The molecule has 0 bridgehead atoms. The molecule has 2 aromatic heterocycles. The van der Waals surface area contributed by atoms with Crippen molar-refractivity contribution in [1.29, 1.82) is 0 Å². The van der Waals surface area contributed by atoms with Crippen molar-refractivity contribution < 1.29 is 0 Å². The monoisotopic (exact) mass is 229 g/mol. The largest absolute Gasteiger partial charge is 0.306 e. The van der Waals surface area contributed by atoms with Gasteiger partial charge in [0.1, 0.15) is 5.82 Å². The Morgan fingerprint density at radius 3 is 2.94 bits per heavy atom. The maximum atomic E-state index is 4.56. The Kier molecular flexibility index (Phi) is 2.85. The summed E-state index contributed by atoms with van der Waals surface area (Å²) in [6, 6.07) is 6.26. The van der Waals surface area contributed by atoms with E-state index in [0.717, 1.165) is 12.3 Å². The summed E-state index contributed by atoms with van der Waals surface area (Å²) >= 11 is 0. The van der Waals surface area contributed by atoms with Gasteiger partial charge >= 0.3 is 0 Å². The van der Waals surface area contributed by atoms with Crippen molar-refractivity contribution in [2.75, 3.05) is 20.1 Å². The molecule has 0 spiro atoms. The van der Waals surface area contributed by atoms with Gasteiger partial charge in [0.25, 0.3) is 0 Å². The van der Waals surface area contributed by atoms with E-state index in [9.17, 15) is 0 Å². The van der Waals surface area contributed by atoms with Gasteiger partial charge in [-0.05, 0) is 51.0 Å². The van der Waals surface area contributed by atoms with Crippen molar-refractivity contribution in [3.05, 3.63) is 36.4 Å². The molecule has 0 saturated carbocycles. The van der Waals surface area contributed by atoms with E-state index in [-0.39, 0.29) is 0 Å². The van der Waals surface area contributed by atoms with Crippen LogP contribution in [-0.4, -0.2) is 34.4 Å². The maximum absolute atomic E-state index is 4.56. The summed E-state index contributed by atoms with van der Waals surface area (Å²) in [5, 5.41) is 0. The molecule has 0 amide bonds. The van der Waals surface area contributed by atoms with E-state index in [1.54, 1.807) is 0 Å². The molecule has 3 heteroatoms. The molecule has 3 rings (SSSR count). The normalized spacial score (nSPS) is 18.9. The van der Waals surface area contributed by atoms with Crippen LogP contribution in [0.5, 0.6) is 0 Å². The molecule has 0 N–H and O–H groups in total. The second-order valence-electron chi connectivity index (χ2n) is 5.12. The zero-order valence-corrected chi connectivity index (χ0v) is 10.3. The first-order valence-electron chi connectivity index (χ1n) is 6.42. The highest BCUT2D eigenvalue weighted by atomic mass is 15.1. The van der Waals surface area contributed by atoms with Crippen LogP contribution in [-0.2, 0) is 6.42 Å². The van der Waals surface area contributed by atoms with E-state index in [2.05, 4.69) is 45.7 Å². The third-order valence-corrected chi connectivity index (χ3v) is 3.82. The average Bonchev–Trinajstić information content (AvgIpc) is 2.76. The van der Waals surface area contributed by atoms with Crippen LogP contribution in [0.2, 0.25) is 0 Å². The molecular formula is C14H19N3. The van der Waals surface area contributed by atoms with E-state index >= 15 is 0 Å². The van der Waals surface area contributed by atoms with E-state index in [0.29, 0.717) is 0 Å². The van der Waals surface area contributed by atoms with Gasteiger partial charge < -0.3 is 9.30 Å². The van der Waals surface area contributed by atoms with Gasteiger partial charge in [0.05, 0.1) is 11.7 Å². The lowest BCUT2D eigenvalue weighted by molar-refractivity contribution is 0.217. The van der Waals surface area contributed by atoms with Gasteiger partial charge in [-0.15, -0.1) is 0 Å². The summed E-state index contributed by atoms with van der Waals surface area (Å²) in [5.74, 6) is 2.02. The second-order valence-corrected chi connectivity index (χ2v) is 5.12. The molecule has 0 aliphatic carbocycles. The van der Waals surface area contributed by atoms with Crippen LogP contribution in [0.25, 0.3) is 5.52 Å². The predicted octanol–water partition coefficient (Wildman–Crippen LogP) is 2.22. The highest BCUT2D eigenvalue weighted by molar-refractivity contribution is 5.45. The molecule has 2 aromatic rings. The number of hydrogen-bond acceptors (Lipinski definition) is 2. The first kappa shape index (κ1) is 10.8. The van der Waals surface area contributed by atoms with Gasteiger partial charge in [-0.2, -0.15) is 0 Å². The Hall–Kier alpha value is -1.35. The fraction of sp³-hybridized carbons (Fsp3) is 0.500. The smallest absolute Gasteiger partial charge is 0.113 e. The molecule has 1 saturated heterocycles. The molecular weight excluding hydrogens is 210 g/mol. The molecule has 0 atom stereocenters. The first-order chi connectivity index (χ1) is 8.33. The number of nitrogens with zero attached hydrogens (tertiary/aromatic N) is 3. The molecule has 1 aliphatic rings. The van der Waals surface area contributed by atoms with Gasteiger partial charge in [0.15, 0.2) is 0 Å². The summed E-state index contributed by atoms with van der Waals surface area (Å²) in [6.07, 6.45) is 7.82. The molecule has 0 unspecified atom stereocenters. The van der Waals surface area contributed by atoms with Crippen LogP contribution in [0.3, 0.4) is 0 Å². The topological polar surface area (TPSA) is 20.5 Å². The summed E-state index contributed by atoms with van der Waals surface area (Å²) in [7, 11) is 2.21. The number of rotatable bonds is 2. The highest BCUT2D eigenvalue weighted by Crippen LogP contribution is 2.20. The summed E-state index contributed by atoms with van der Waals surface area (Å²) in [4.78, 5) is 6.97.